The van der Waals surface area contributed by atoms with Gasteiger partial charge >= 0.3 is 5.97 Å². The van der Waals surface area contributed by atoms with E-state index in [1.54, 1.807) is 30.3 Å². The molecule has 6 heteroatoms. The van der Waals surface area contributed by atoms with Crippen LogP contribution in [0, 0.1) is 23.7 Å². The minimum atomic E-state index is -2.86. The van der Waals surface area contributed by atoms with Gasteiger partial charge in [0.05, 0.1) is 6.61 Å². The molecule has 2 unspecified atom stereocenters. The molecule has 0 bridgehead atoms. The van der Waals surface area contributed by atoms with Crippen molar-refractivity contribution in [2.75, 3.05) is 26.7 Å². The van der Waals surface area contributed by atoms with Crippen molar-refractivity contribution in [1.29, 1.82) is 0 Å². The Morgan fingerprint density at radius 3 is 2.59 bits per heavy atom. The normalized spacial score (nSPS) is 34.5. The molecule has 0 aromatic heterocycles. The molecule has 1 aliphatic heterocycles. The molecular weight excluding hydrogens is 352 g/mol. The lowest BCUT2D eigenvalue weighted by molar-refractivity contribution is -0.183. The number of likely N-dealkylation sites (tertiary alicyclic amines) is 1. The molecule has 0 radical (unpaired) electrons. The van der Waals surface area contributed by atoms with Crippen molar-refractivity contribution < 1.29 is 23.4 Å². The Bertz CT molecular complexity index is 686. The van der Waals surface area contributed by atoms with Crippen LogP contribution < -0.4 is 0 Å². The lowest BCUT2D eigenvalue weighted by Crippen LogP contribution is -2.48. The number of fused-ring (bicyclic) bond motifs is 1. The van der Waals surface area contributed by atoms with Crippen LogP contribution in [-0.4, -0.2) is 48.6 Å². The summed E-state index contributed by atoms with van der Waals surface area (Å²) >= 11 is 0. The number of alkyl halides is 2. The molecule has 1 saturated heterocycles. The summed E-state index contributed by atoms with van der Waals surface area (Å²) < 4.78 is 33.6. The lowest BCUT2D eigenvalue weighted by Gasteiger charge is -2.39. The smallest absolute Gasteiger partial charge is 0.343 e. The van der Waals surface area contributed by atoms with E-state index in [-0.39, 0.29) is 13.0 Å². The fourth-order valence-electron chi connectivity index (χ4n) is 5.13. The molecule has 0 amide bonds. The van der Waals surface area contributed by atoms with Gasteiger partial charge in [0.1, 0.15) is 0 Å². The van der Waals surface area contributed by atoms with Gasteiger partial charge < -0.3 is 14.7 Å². The number of esters is 1. The van der Waals surface area contributed by atoms with Crippen molar-refractivity contribution >= 4 is 5.97 Å². The van der Waals surface area contributed by atoms with Crippen molar-refractivity contribution in [1.82, 2.24) is 4.90 Å². The zero-order chi connectivity index (χ0) is 19.2. The number of rotatable bonds is 5. The van der Waals surface area contributed by atoms with E-state index in [2.05, 4.69) is 11.9 Å². The minimum Gasteiger partial charge on any atom is -0.463 e. The van der Waals surface area contributed by atoms with E-state index < -0.39 is 29.8 Å². The first-order valence-electron chi connectivity index (χ1n) is 9.83. The standard InChI is InChI=1S/C21H27F2NO3/c1-24-11-16-17(12-24)18(16)13-27-19(25)21(26,14-6-3-2-4-7-14)15-8-5-9-20(22,23)10-15/h2-4,6-7,15-18,26H,5,8-13H2,1H3/t15-,16?,17?,18?,21-/m0/s1. The highest BCUT2D eigenvalue weighted by atomic mass is 19.3. The summed E-state index contributed by atoms with van der Waals surface area (Å²) in [6, 6.07) is 8.42. The van der Waals surface area contributed by atoms with Crippen LogP contribution in [0.2, 0.25) is 0 Å². The maximum Gasteiger partial charge on any atom is 0.343 e. The van der Waals surface area contributed by atoms with Crippen LogP contribution >= 0.6 is 0 Å². The molecule has 0 spiro atoms. The SMILES string of the molecule is CN1CC2C(COC(=O)[C@](O)(c3ccccc3)[C@H]3CCCC(F)(F)C3)C2C1. The molecule has 4 atom stereocenters. The predicted molar refractivity (Wildman–Crippen MR) is 96.2 cm³/mol. The maximum atomic E-state index is 14.0. The summed E-state index contributed by atoms with van der Waals surface area (Å²) in [4.78, 5) is 15.2. The largest absolute Gasteiger partial charge is 0.463 e. The number of benzene rings is 1. The second-order valence-electron chi connectivity index (χ2n) is 8.59. The highest BCUT2D eigenvalue weighted by molar-refractivity contribution is 5.81. The summed E-state index contributed by atoms with van der Waals surface area (Å²) in [7, 11) is 2.08. The second-order valence-corrected chi connectivity index (χ2v) is 8.59. The number of aliphatic hydroxyl groups is 1. The van der Waals surface area contributed by atoms with E-state index in [9.17, 15) is 18.7 Å². The number of halogens is 2. The number of piperidine rings is 1. The van der Waals surface area contributed by atoms with Crippen molar-refractivity contribution in [2.45, 2.75) is 37.2 Å². The Labute approximate surface area is 158 Å². The van der Waals surface area contributed by atoms with E-state index in [0.717, 1.165) is 13.1 Å². The molecule has 27 heavy (non-hydrogen) atoms. The number of carbonyl (C=O) groups excluding carboxylic acids is 1. The summed E-state index contributed by atoms with van der Waals surface area (Å²) in [6.45, 7) is 2.27. The Morgan fingerprint density at radius 2 is 1.96 bits per heavy atom. The van der Waals surface area contributed by atoms with Gasteiger partial charge in [-0.3, -0.25) is 0 Å². The highest BCUT2D eigenvalue weighted by Gasteiger charge is 2.56. The van der Waals surface area contributed by atoms with Crippen molar-refractivity contribution in [3.8, 4) is 0 Å². The average Bonchev–Trinajstić information content (AvgIpc) is 3.11. The molecule has 1 aromatic carbocycles. The number of nitrogens with zero attached hydrogens (tertiary/aromatic N) is 1. The van der Waals surface area contributed by atoms with Gasteiger partial charge in [0, 0.05) is 37.8 Å². The van der Waals surface area contributed by atoms with Gasteiger partial charge in [-0.15, -0.1) is 0 Å². The number of carbonyl (C=O) groups is 1. The minimum absolute atomic E-state index is 0.192. The van der Waals surface area contributed by atoms with Crippen LogP contribution in [0.25, 0.3) is 0 Å². The topological polar surface area (TPSA) is 49.8 Å². The Morgan fingerprint density at radius 1 is 1.30 bits per heavy atom. The summed E-state index contributed by atoms with van der Waals surface area (Å²) in [6.07, 6.45) is -0.00983. The Kier molecular flexibility index (Phi) is 4.75. The Balaban J connectivity index is 1.50. The van der Waals surface area contributed by atoms with Gasteiger partial charge in [0.25, 0.3) is 0 Å². The first-order chi connectivity index (χ1) is 12.8. The molecule has 1 aromatic rings. The van der Waals surface area contributed by atoms with E-state index in [1.807, 2.05) is 0 Å². The molecule has 1 N–H and O–H groups in total. The monoisotopic (exact) mass is 379 g/mol. The van der Waals surface area contributed by atoms with Gasteiger partial charge in [-0.25, -0.2) is 13.6 Å². The molecule has 3 fully saturated rings. The first kappa shape index (κ1) is 18.8. The van der Waals surface area contributed by atoms with Gasteiger partial charge in [-0.2, -0.15) is 0 Å². The fourth-order valence-corrected chi connectivity index (χ4v) is 5.13. The quantitative estimate of drug-likeness (QED) is 0.799. The van der Waals surface area contributed by atoms with Crippen LogP contribution in [0.1, 0.15) is 31.2 Å². The maximum absolute atomic E-state index is 14.0. The highest BCUT2D eigenvalue weighted by Crippen LogP contribution is 2.52. The van der Waals surface area contributed by atoms with E-state index >= 15 is 0 Å². The van der Waals surface area contributed by atoms with Gasteiger partial charge in [0.15, 0.2) is 5.60 Å². The van der Waals surface area contributed by atoms with E-state index in [0.29, 0.717) is 36.2 Å². The molecule has 4 nitrogen and oxygen atoms in total. The number of ether oxygens (including phenoxy) is 1. The zero-order valence-corrected chi connectivity index (χ0v) is 15.6. The van der Waals surface area contributed by atoms with E-state index in [4.69, 9.17) is 4.74 Å². The van der Waals surface area contributed by atoms with Gasteiger partial charge in [-0.05, 0) is 37.3 Å². The summed E-state index contributed by atoms with van der Waals surface area (Å²) in [5, 5.41) is 11.4. The van der Waals surface area contributed by atoms with Gasteiger partial charge in [0.2, 0.25) is 5.92 Å². The van der Waals surface area contributed by atoms with Crippen LogP contribution in [0.3, 0.4) is 0 Å². The van der Waals surface area contributed by atoms with Crippen LogP contribution in [0.4, 0.5) is 8.78 Å². The molecule has 148 valence electrons. The third-order valence-electron chi connectivity index (χ3n) is 6.72. The van der Waals surface area contributed by atoms with Crippen molar-refractivity contribution in [3.63, 3.8) is 0 Å². The second kappa shape index (κ2) is 6.82. The predicted octanol–water partition coefficient (Wildman–Crippen LogP) is 3.05. The third-order valence-corrected chi connectivity index (χ3v) is 6.72. The molecule has 4 rings (SSSR count). The summed E-state index contributed by atoms with van der Waals surface area (Å²) in [5.41, 5.74) is -1.68. The van der Waals surface area contributed by atoms with Crippen LogP contribution in [-0.2, 0) is 15.1 Å². The molecule has 2 saturated carbocycles. The lowest BCUT2D eigenvalue weighted by atomic mass is 9.72. The van der Waals surface area contributed by atoms with Crippen molar-refractivity contribution in [3.05, 3.63) is 35.9 Å². The molecule has 1 heterocycles. The molecular formula is C21H27F2NO3. The van der Waals surface area contributed by atoms with Crippen LogP contribution in [0.15, 0.2) is 30.3 Å². The van der Waals surface area contributed by atoms with Crippen molar-refractivity contribution in [2.24, 2.45) is 23.7 Å². The number of hydrogen-bond acceptors (Lipinski definition) is 4. The van der Waals surface area contributed by atoms with E-state index in [1.165, 1.54) is 0 Å². The fraction of sp³-hybridized carbons (Fsp3) is 0.667. The third kappa shape index (κ3) is 3.49. The molecule has 2 aliphatic carbocycles. The van der Waals surface area contributed by atoms with Gasteiger partial charge in [-0.1, -0.05) is 30.3 Å². The van der Waals surface area contributed by atoms with Crippen LogP contribution in [0.5, 0.6) is 0 Å². The zero-order valence-electron chi connectivity index (χ0n) is 15.6. The number of hydrogen-bond donors (Lipinski definition) is 1. The molecule has 3 aliphatic rings. The first-order valence-corrected chi connectivity index (χ1v) is 9.83. The summed E-state index contributed by atoms with van der Waals surface area (Å²) in [5.74, 6) is -3.06. The average molecular weight is 379 g/mol. The Hall–Kier alpha value is -1.53.